The molecule has 4 heteroatoms. The number of nitrogens with two attached hydrogens (primary N) is 1. The van der Waals surface area contributed by atoms with Crippen LogP contribution < -0.4 is 5.73 Å². The standard InChI is InChI=1S/C12H19N3S/c1-12(2)4-9(13)8-6-14-11(7-16-3)15-10(8)5-12/h6,9H,4-5,7,13H2,1-3H3. The Kier molecular flexibility index (Phi) is 3.22. The molecule has 0 saturated heterocycles. The van der Waals surface area contributed by atoms with Gasteiger partial charge in [-0.1, -0.05) is 13.8 Å². The van der Waals surface area contributed by atoms with E-state index < -0.39 is 0 Å². The number of fused-ring (bicyclic) bond motifs is 1. The summed E-state index contributed by atoms with van der Waals surface area (Å²) in [4.78, 5) is 9.01. The van der Waals surface area contributed by atoms with E-state index in [-0.39, 0.29) is 11.5 Å². The summed E-state index contributed by atoms with van der Waals surface area (Å²) in [6.45, 7) is 4.51. The molecule has 0 radical (unpaired) electrons. The van der Waals surface area contributed by atoms with E-state index in [1.165, 1.54) is 0 Å². The second-order valence-corrected chi connectivity index (χ2v) is 6.14. The van der Waals surface area contributed by atoms with Gasteiger partial charge in [-0.05, 0) is 24.5 Å². The van der Waals surface area contributed by atoms with Crippen LogP contribution in [0, 0.1) is 5.41 Å². The molecule has 1 heterocycles. The summed E-state index contributed by atoms with van der Waals surface area (Å²) in [6.07, 6.45) is 6.03. The molecule has 2 N–H and O–H groups in total. The van der Waals surface area contributed by atoms with E-state index in [9.17, 15) is 0 Å². The SMILES string of the molecule is CSCc1ncc2c(n1)CC(C)(C)CC2N. The molecule has 1 aliphatic rings. The van der Waals surface area contributed by atoms with Gasteiger partial charge in [0.2, 0.25) is 0 Å². The Bertz CT molecular complexity index is 390. The molecule has 1 unspecified atom stereocenters. The summed E-state index contributed by atoms with van der Waals surface area (Å²) in [5.74, 6) is 1.80. The summed E-state index contributed by atoms with van der Waals surface area (Å²) < 4.78 is 0. The van der Waals surface area contributed by atoms with Crippen molar-refractivity contribution in [1.82, 2.24) is 9.97 Å². The van der Waals surface area contributed by atoms with Gasteiger partial charge in [-0.15, -0.1) is 0 Å². The maximum absolute atomic E-state index is 6.16. The van der Waals surface area contributed by atoms with Gasteiger partial charge in [0.15, 0.2) is 0 Å². The molecule has 3 nitrogen and oxygen atoms in total. The zero-order valence-corrected chi connectivity index (χ0v) is 11.0. The van der Waals surface area contributed by atoms with E-state index >= 15 is 0 Å². The smallest absolute Gasteiger partial charge is 0.138 e. The Balaban J connectivity index is 2.34. The highest BCUT2D eigenvalue weighted by atomic mass is 32.2. The molecule has 1 aromatic rings. The van der Waals surface area contributed by atoms with Crippen molar-refractivity contribution in [3.05, 3.63) is 23.3 Å². The van der Waals surface area contributed by atoms with Crippen LogP contribution in [-0.2, 0) is 12.2 Å². The van der Waals surface area contributed by atoms with E-state index in [1.54, 1.807) is 11.8 Å². The van der Waals surface area contributed by atoms with Crippen molar-refractivity contribution in [1.29, 1.82) is 0 Å². The minimum Gasteiger partial charge on any atom is -0.324 e. The average molecular weight is 237 g/mol. The first-order valence-electron chi connectivity index (χ1n) is 5.61. The number of hydrogen-bond donors (Lipinski definition) is 1. The first-order chi connectivity index (χ1) is 7.52. The van der Waals surface area contributed by atoms with Crippen molar-refractivity contribution < 1.29 is 0 Å². The molecule has 1 aromatic heterocycles. The summed E-state index contributed by atoms with van der Waals surface area (Å²) in [5, 5.41) is 0. The van der Waals surface area contributed by atoms with E-state index in [2.05, 4.69) is 30.1 Å². The van der Waals surface area contributed by atoms with Crippen molar-refractivity contribution in [3.63, 3.8) is 0 Å². The quantitative estimate of drug-likeness (QED) is 0.857. The molecule has 0 amide bonds. The molecule has 2 rings (SSSR count). The van der Waals surface area contributed by atoms with E-state index in [0.29, 0.717) is 0 Å². The minimum absolute atomic E-state index is 0.0991. The predicted molar refractivity (Wildman–Crippen MR) is 68.3 cm³/mol. The number of rotatable bonds is 2. The lowest BCUT2D eigenvalue weighted by Crippen LogP contribution is -2.31. The normalized spacial score (nSPS) is 22.9. The van der Waals surface area contributed by atoms with Gasteiger partial charge in [-0.3, -0.25) is 0 Å². The molecule has 0 aromatic carbocycles. The van der Waals surface area contributed by atoms with Crippen LogP contribution in [0.4, 0.5) is 0 Å². The molecule has 88 valence electrons. The highest BCUT2D eigenvalue weighted by molar-refractivity contribution is 7.97. The molecule has 16 heavy (non-hydrogen) atoms. The van der Waals surface area contributed by atoms with Crippen LogP contribution in [0.1, 0.15) is 43.4 Å². The van der Waals surface area contributed by atoms with E-state index in [0.717, 1.165) is 35.7 Å². The fourth-order valence-electron chi connectivity index (χ4n) is 2.35. The minimum atomic E-state index is 0.0991. The topological polar surface area (TPSA) is 51.8 Å². The van der Waals surface area contributed by atoms with Crippen molar-refractivity contribution in [2.75, 3.05) is 6.26 Å². The molecular formula is C12H19N3S. The van der Waals surface area contributed by atoms with Gasteiger partial charge in [0.1, 0.15) is 5.82 Å². The van der Waals surface area contributed by atoms with Gasteiger partial charge in [-0.2, -0.15) is 11.8 Å². The molecule has 0 saturated carbocycles. The van der Waals surface area contributed by atoms with Gasteiger partial charge in [0.05, 0.1) is 5.75 Å². The van der Waals surface area contributed by atoms with Crippen molar-refractivity contribution in [3.8, 4) is 0 Å². The average Bonchev–Trinajstić information content (AvgIpc) is 2.15. The Labute approximate surface area is 101 Å². The van der Waals surface area contributed by atoms with E-state index in [4.69, 9.17) is 5.73 Å². The molecule has 1 aliphatic carbocycles. The highest BCUT2D eigenvalue weighted by Crippen LogP contribution is 2.38. The fourth-order valence-corrected chi connectivity index (χ4v) is 2.75. The van der Waals surface area contributed by atoms with Gasteiger partial charge in [-0.25, -0.2) is 9.97 Å². The summed E-state index contributed by atoms with van der Waals surface area (Å²) in [6, 6.07) is 0.0991. The molecular weight excluding hydrogens is 218 g/mol. The van der Waals surface area contributed by atoms with Crippen molar-refractivity contribution in [2.45, 2.75) is 38.5 Å². The van der Waals surface area contributed by atoms with Gasteiger partial charge >= 0.3 is 0 Å². The van der Waals surface area contributed by atoms with E-state index in [1.807, 2.05) is 6.20 Å². The fraction of sp³-hybridized carbons (Fsp3) is 0.667. The molecule has 1 atom stereocenters. The third-order valence-corrected chi connectivity index (χ3v) is 3.59. The molecule has 0 fully saturated rings. The Hall–Kier alpha value is -0.610. The van der Waals surface area contributed by atoms with Gasteiger partial charge < -0.3 is 5.73 Å². The first kappa shape index (κ1) is 11.9. The number of aromatic nitrogens is 2. The highest BCUT2D eigenvalue weighted by Gasteiger charge is 2.31. The predicted octanol–water partition coefficient (Wildman–Crippen LogP) is 2.31. The van der Waals surface area contributed by atoms with Gasteiger partial charge in [0.25, 0.3) is 0 Å². The van der Waals surface area contributed by atoms with Crippen LogP contribution in [0.5, 0.6) is 0 Å². The summed E-state index contributed by atoms with van der Waals surface area (Å²) in [5.41, 5.74) is 8.72. The summed E-state index contributed by atoms with van der Waals surface area (Å²) >= 11 is 1.75. The first-order valence-corrected chi connectivity index (χ1v) is 7.00. The Morgan fingerprint density at radius 1 is 1.56 bits per heavy atom. The van der Waals surface area contributed by atoms with Crippen LogP contribution in [0.15, 0.2) is 6.20 Å². The van der Waals surface area contributed by atoms with Crippen LogP contribution in [-0.4, -0.2) is 16.2 Å². The molecule has 0 aliphatic heterocycles. The van der Waals surface area contributed by atoms with Crippen LogP contribution in [0.3, 0.4) is 0 Å². The van der Waals surface area contributed by atoms with Crippen LogP contribution >= 0.6 is 11.8 Å². The Morgan fingerprint density at radius 2 is 2.31 bits per heavy atom. The largest absolute Gasteiger partial charge is 0.324 e. The maximum Gasteiger partial charge on any atom is 0.138 e. The van der Waals surface area contributed by atoms with Gasteiger partial charge in [0, 0.05) is 23.5 Å². The second kappa shape index (κ2) is 4.34. The summed E-state index contributed by atoms with van der Waals surface area (Å²) in [7, 11) is 0. The number of thioether (sulfide) groups is 1. The molecule has 0 spiro atoms. The van der Waals surface area contributed by atoms with Crippen molar-refractivity contribution >= 4 is 11.8 Å². The molecule has 0 bridgehead atoms. The van der Waals surface area contributed by atoms with Crippen molar-refractivity contribution in [2.24, 2.45) is 11.1 Å². The van der Waals surface area contributed by atoms with Crippen LogP contribution in [0.2, 0.25) is 0 Å². The second-order valence-electron chi connectivity index (χ2n) is 5.27. The lowest BCUT2D eigenvalue weighted by molar-refractivity contribution is 0.277. The number of hydrogen-bond acceptors (Lipinski definition) is 4. The monoisotopic (exact) mass is 237 g/mol. The zero-order chi connectivity index (χ0) is 11.8. The lowest BCUT2D eigenvalue weighted by Gasteiger charge is -2.34. The lowest BCUT2D eigenvalue weighted by atomic mass is 9.74. The Morgan fingerprint density at radius 3 is 3.00 bits per heavy atom. The zero-order valence-electron chi connectivity index (χ0n) is 10.2. The third-order valence-electron chi connectivity index (χ3n) is 3.04. The third kappa shape index (κ3) is 2.38. The maximum atomic E-state index is 6.16. The number of nitrogens with zero attached hydrogens (tertiary/aromatic N) is 2. The van der Waals surface area contributed by atoms with Crippen LogP contribution in [0.25, 0.3) is 0 Å².